The molecule has 12 nitrogen and oxygen atoms in total. The number of hydrogen-bond acceptors (Lipinski definition) is 10. The number of nitrogens with zero attached hydrogens (tertiary/aromatic N) is 2. The minimum Gasteiger partial charge on any atom is -0.508 e. The molecule has 1 saturated carbocycles. The molecule has 0 aromatic heterocycles. The second kappa shape index (κ2) is 8.59. The predicted molar refractivity (Wildman–Crippen MR) is 136 cm³/mol. The van der Waals surface area contributed by atoms with E-state index in [2.05, 4.69) is 5.32 Å². The van der Waals surface area contributed by atoms with Crippen LogP contribution >= 0.6 is 0 Å². The molecule has 5 aliphatic rings. The molecule has 1 aromatic carbocycles. The number of primary amides is 1. The third-order valence-corrected chi connectivity index (χ3v) is 9.20. The Balaban J connectivity index is 1.55. The van der Waals surface area contributed by atoms with Crippen LogP contribution < -0.4 is 11.1 Å². The largest absolute Gasteiger partial charge is 0.508 e. The van der Waals surface area contributed by atoms with Gasteiger partial charge in [-0.05, 0) is 52.2 Å². The Morgan fingerprint density at radius 3 is 2.52 bits per heavy atom. The number of nitrogens with one attached hydrogen (secondary N) is 1. The van der Waals surface area contributed by atoms with Gasteiger partial charge in [0, 0.05) is 29.2 Å². The summed E-state index contributed by atoms with van der Waals surface area (Å²) in [6.07, 6.45) is 1.02. The van der Waals surface area contributed by atoms with Gasteiger partial charge in [-0.2, -0.15) is 0 Å². The normalized spacial score (nSPS) is 31.8. The van der Waals surface area contributed by atoms with Crippen molar-refractivity contribution in [2.45, 2.75) is 49.9 Å². The molecule has 3 aliphatic carbocycles. The molecule has 212 valence electrons. The molecule has 7 N–H and O–H groups in total. The van der Waals surface area contributed by atoms with Crippen LogP contribution in [0.5, 0.6) is 5.75 Å². The number of ketones is 2. The van der Waals surface area contributed by atoms with Crippen LogP contribution in [-0.4, -0.2) is 91.9 Å². The highest BCUT2D eigenvalue weighted by Crippen LogP contribution is 2.54. The molecule has 40 heavy (non-hydrogen) atoms. The lowest BCUT2D eigenvalue weighted by molar-refractivity contribution is -0.153. The van der Waals surface area contributed by atoms with Gasteiger partial charge in [-0.15, -0.1) is 0 Å². The molecular weight excluding hydrogens is 527 g/mol. The molecule has 1 aromatic rings. The highest BCUT2D eigenvalue weighted by atomic mass is 19.1. The van der Waals surface area contributed by atoms with Crippen molar-refractivity contribution in [1.82, 2.24) is 9.80 Å². The van der Waals surface area contributed by atoms with Crippen molar-refractivity contribution in [3.63, 3.8) is 0 Å². The van der Waals surface area contributed by atoms with Gasteiger partial charge in [0.05, 0.1) is 23.3 Å². The van der Waals surface area contributed by atoms with E-state index in [4.69, 9.17) is 5.73 Å². The predicted octanol–water partition coefficient (Wildman–Crippen LogP) is 0.0196. The van der Waals surface area contributed by atoms with Crippen molar-refractivity contribution < 1.29 is 44.0 Å². The fourth-order valence-electron chi connectivity index (χ4n) is 7.40. The number of aliphatic hydroxyl groups excluding tert-OH is 2. The second-order valence-electron chi connectivity index (χ2n) is 11.4. The van der Waals surface area contributed by atoms with Crippen molar-refractivity contribution in [2.24, 2.45) is 17.6 Å². The van der Waals surface area contributed by atoms with Gasteiger partial charge in [-0.3, -0.25) is 29.0 Å². The number of likely N-dealkylation sites (N-methyl/N-ethyl adjacent to an activating group) is 1. The van der Waals surface area contributed by atoms with E-state index >= 15 is 4.39 Å². The van der Waals surface area contributed by atoms with Crippen LogP contribution in [0.1, 0.15) is 36.0 Å². The van der Waals surface area contributed by atoms with Gasteiger partial charge in [-0.25, -0.2) is 4.39 Å². The molecule has 0 spiro atoms. The minimum atomic E-state index is -2.79. The number of rotatable bonds is 2. The summed E-state index contributed by atoms with van der Waals surface area (Å²) >= 11 is 0. The number of carbonyl (C=O) groups excluding carboxylic acids is 4. The smallest absolute Gasteiger partial charge is 0.255 e. The number of benzene rings is 1. The van der Waals surface area contributed by atoms with Crippen molar-refractivity contribution in [1.29, 1.82) is 0 Å². The molecule has 2 amide bonds. The number of anilines is 1. The lowest BCUT2D eigenvalue weighted by Gasteiger charge is -2.50. The molecule has 1 saturated heterocycles. The third-order valence-electron chi connectivity index (χ3n) is 9.20. The quantitative estimate of drug-likeness (QED) is 0.214. The van der Waals surface area contributed by atoms with Gasteiger partial charge >= 0.3 is 0 Å². The molecule has 13 heteroatoms. The van der Waals surface area contributed by atoms with E-state index in [1.807, 2.05) is 4.90 Å². The van der Waals surface area contributed by atoms with Crippen molar-refractivity contribution in [3.8, 4) is 5.75 Å². The summed E-state index contributed by atoms with van der Waals surface area (Å²) in [4.78, 5) is 55.2. The summed E-state index contributed by atoms with van der Waals surface area (Å²) in [5.74, 6) is -9.32. The molecular formula is C27H29FN4O8. The van der Waals surface area contributed by atoms with Gasteiger partial charge < -0.3 is 31.5 Å². The summed E-state index contributed by atoms with van der Waals surface area (Å²) in [6.45, 7) is 0.631. The number of carbonyl (C=O) groups is 4. The number of Topliss-reactive ketones (excluding diaryl/α,β-unsaturated/α-hetero) is 2. The molecule has 0 unspecified atom stereocenters. The summed E-state index contributed by atoms with van der Waals surface area (Å²) in [7, 11) is 3.00. The Kier molecular flexibility index (Phi) is 5.67. The Morgan fingerprint density at radius 1 is 1.18 bits per heavy atom. The van der Waals surface area contributed by atoms with E-state index in [9.17, 15) is 39.6 Å². The maximum absolute atomic E-state index is 16.2. The first kappa shape index (κ1) is 26.4. The zero-order valence-corrected chi connectivity index (χ0v) is 21.8. The number of halogens is 1. The van der Waals surface area contributed by atoms with E-state index in [1.165, 1.54) is 19.0 Å². The van der Waals surface area contributed by atoms with E-state index in [1.54, 1.807) is 0 Å². The van der Waals surface area contributed by atoms with E-state index in [-0.39, 0.29) is 41.8 Å². The van der Waals surface area contributed by atoms with Crippen molar-refractivity contribution in [2.75, 3.05) is 26.0 Å². The Labute approximate surface area is 227 Å². The summed E-state index contributed by atoms with van der Waals surface area (Å²) < 4.78 is 16.2. The number of fused-ring (bicyclic) bond motifs is 5. The second-order valence-corrected chi connectivity index (χ2v) is 11.4. The average molecular weight is 557 g/mol. The van der Waals surface area contributed by atoms with Crippen LogP contribution in [-0.2, 0) is 32.1 Å². The van der Waals surface area contributed by atoms with Gasteiger partial charge in [-0.1, -0.05) is 0 Å². The molecule has 0 radical (unpaired) electrons. The molecule has 5 atom stereocenters. The first-order chi connectivity index (χ1) is 18.8. The molecule has 2 fully saturated rings. The summed E-state index contributed by atoms with van der Waals surface area (Å²) in [5.41, 5.74) is 0.649. The maximum atomic E-state index is 16.2. The van der Waals surface area contributed by atoms with E-state index < -0.39 is 87.1 Å². The number of aromatic hydroxyl groups is 1. The highest BCUT2D eigenvalue weighted by molar-refractivity contribution is 6.24. The number of phenolic OH excluding ortho intramolecular Hbond substituents is 1. The van der Waals surface area contributed by atoms with E-state index in [0.717, 1.165) is 6.42 Å². The van der Waals surface area contributed by atoms with Crippen molar-refractivity contribution in [3.05, 3.63) is 39.4 Å². The van der Waals surface area contributed by atoms with Crippen LogP contribution in [0, 0.1) is 17.7 Å². The topological polar surface area (TPSA) is 194 Å². The Bertz CT molecular complexity index is 1500. The Hall–Kier alpha value is -3.81. The summed E-state index contributed by atoms with van der Waals surface area (Å²) in [5, 5.41) is 47.8. The highest BCUT2D eigenvalue weighted by Gasteiger charge is 2.64. The fraction of sp³-hybridized carbons (Fsp3) is 0.481. The summed E-state index contributed by atoms with van der Waals surface area (Å²) in [6, 6.07) is -1.73. The third kappa shape index (κ3) is 3.22. The molecule has 2 heterocycles. The van der Waals surface area contributed by atoms with Crippen LogP contribution in [0.4, 0.5) is 10.1 Å². The SMILES string of the molecule is CN(C)[C@@H]1C(=O)C(C(N)=O)=C(O)[C@@]2(O)C(=O)C3=C(O)c4c(O)c5c(c(F)c4C[C@H]3C[C@@H]12)CN1CCC[C@@H]1C(=O)N5. The van der Waals surface area contributed by atoms with Crippen LogP contribution in [0.15, 0.2) is 16.9 Å². The van der Waals surface area contributed by atoms with Crippen molar-refractivity contribution >= 4 is 34.8 Å². The first-order valence-electron chi connectivity index (χ1n) is 13.1. The minimum absolute atomic E-state index is 0.0560. The zero-order chi connectivity index (χ0) is 29.0. The number of hydrogen-bond donors (Lipinski definition) is 6. The monoisotopic (exact) mass is 556 g/mol. The lowest BCUT2D eigenvalue weighted by atomic mass is 9.57. The van der Waals surface area contributed by atoms with Gasteiger partial charge in [0.25, 0.3) is 5.91 Å². The Morgan fingerprint density at radius 2 is 1.88 bits per heavy atom. The fourth-order valence-corrected chi connectivity index (χ4v) is 7.40. The number of amides is 2. The maximum Gasteiger partial charge on any atom is 0.255 e. The van der Waals surface area contributed by atoms with Gasteiger partial charge in [0.1, 0.15) is 22.9 Å². The zero-order valence-electron chi connectivity index (χ0n) is 21.8. The number of phenols is 1. The molecule has 6 rings (SSSR count). The van der Waals surface area contributed by atoms with Gasteiger partial charge in [0.2, 0.25) is 11.7 Å². The number of nitrogens with two attached hydrogens (primary N) is 1. The van der Waals surface area contributed by atoms with Crippen LogP contribution in [0.2, 0.25) is 0 Å². The van der Waals surface area contributed by atoms with Crippen LogP contribution in [0.25, 0.3) is 5.76 Å². The van der Waals surface area contributed by atoms with Crippen LogP contribution in [0.3, 0.4) is 0 Å². The lowest BCUT2D eigenvalue weighted by Crippen LogP contribution is -2.65. The number of aliphatic hydroxyl groups is 3. The van der Waals surface area contributed by atoms with Gasteiger partial charge in [0.15, 0.2) is 17.1 Å². The average Bonchev–Trinajstić information content (AvgIpc) is 3.29. The molecule has 2 aliphatic heterocycles. The van der Waals surface area contributed by atoms with E-state index in [0.29, 0.717) is 13.0 Å². The first-order valence-corrected chi connectivity index (χ1v) is 13.1. The standard InChI is InChI=1S/C27H29FN4O8/c1-31(2)19-12-7-9-6-10-15(20(33)14(9)23(36)27(12,40)24(37)16(22(19)35)25(29)38)21(34)18-11(17(10)28)8-32-5-3-4-13(32)26(39)30-18/h9,12-13,19,33-34,37,40H,3-8H2,1-2H3,(H2,29,38)(H,30,39)/t9-,12-,13+,19-,27-/m0/s1. The molecule has 0 bridgehead atoms.